The van der Waals surface area contributed by atoms with E-state index >= 15 is 0 Å². The Morgan fingerprint density at radius 1 is 1.45 bits per heavy atom. The van der Waals surface area contributed by atoms with Gasteiger partial charge in [0.15, 0.2) is 0 Å². The van der Waals surface area contributed by atoms with Gasteiger partial charge in [-0.3, -0.25) is 4.79 Å². The third-order valence-electron chi connectivity index (χ3n) is 3.36. The molecule has 6 heteroatoms. The van der Waals surface area contributed by atoms with Crippen molar-refractivity contribution in [2.24, 2.45) is 0 Å². The molecule has 2 rings (SSSR count). The van der Waals surface area contributed by atoms with Crippen LogP contribution in [0.5, 0.6) is 0 Å². The second kappa shape index (κ2) is 7.15. The Kier molecular flexibility index (Phi) is 5.51. The van der Waals surface area contributed by atoms with E-state index in [1.54, 1.807) is 11.0 Å². The number of rotatable bonds is 4. The van der Waals surface area contributed by atoms with E-state index in [1.165, 1.54) is 12.1 Å². The first-order valence-corrected chi connectivity index (χ1v) is 7.38. The van der Waals surface area contributed by atoms with Crippen LogP contribution in [0.15, 0.2) is 22.7 Å². The zero-order valence-electron chi connectivity index (χ0n) is 11.0. The summed E-state index contributed by atoms with van der Waals surface area (Å²) in [5.74, 6) is -0.603. The Hall–Kier alpha value is -0.980. The monoisotopic (exact) mass is 345 g/mol. The average molecular weight is 346 g/mol. The summed E-state index contributed by atoms with van der Waals surface area (Å²) >= 11 is 3.12. The molecule has 0 aliphatic carbocycles. The van der Waals surface area contributed by atoms with Gasteiger partial charge in [0.25, 0.3) is 5.91 Å². The second-order valence-corrected chi connectivity index (χ2v) is 5.48. The highest BCUT2D eigenvalue weighted by Gasteiger charge is 2.25. The summed E-state index contributed by atoms with van der Waals surface area (Å²) in [6.07, 6.45) is 1.55. The minimum Gasteiger partial charge on any atom is -0.394 e. The summed E-state index contributed by atoms with van der Waals surface area (Å²) in [5, 5.41) is 8.71. The van der Waals surface area contributed by atoms with Gasteiger partial charge in [-0.25, -0.2) is 4.39 Å². The quantitative estimate of drug-likeness (QED) is 0.910. The molecule has 0 spiro atoms. The molecule has 1 heterocycles. The Labute approximate surface area is 125 Å². The number of nitrogens with zero attached hydrogens (tertiary/aromatic N) is 1. The van der Waals surface area contributed by atoms with Crippen molar-refractivity contribution in [1.29, 1.82) is 0 Å². The highest BCUT2D eigenvalue weighted by molar-refractivity contribution is 9.10. The summed E-state index contributed by atoms with van der Waals surface area (Å²) in [6.45, 7) is 1.50. The van der Waals surface area contributed by atoms with Gasteiger partial charge in [0, 0.05) is 13.1 Å². The van der Waals surface area contributed by atoms with E-state index in [-0.39, 0.29) is 23.1 Å². The van der Waals surface area contributed by atoms with Gasteiger partial charge in [0.1, 0.15) is 5.82 Å². The first-order chi connectivity index (χ1) is 9.63. The van der Waals surface area contributed by atoms with E-state index in [0.717, 1.165) is 12.8 Å². The lowest BCUT2D eigenvalue weighted by atomic mass is 10.1. The third-order valence-corrected chi connectivity index (χ3v) is 4.16. The smallest absolute Gasteiger partial charge is 0.255 e. The fourth-order valence-corrected chi connectivity index (χ4v) is 2.72. The van der Waals surface area contributed by atoms with Gasteiger partial charge in [0.05, 0.1) is 29.4 Å². The molecule has 1 aromatic rings. The van der Waals surface area contributed by atoms with Crippen LogP contribution in [-0.4, -0.2) is 48.3 Å². The molecule has 0 saturated carbocycles. The molecule has 20 heavy (non-hydrogen) atoms. The van der Waals surface area contributed by atoms with Crippen LogP contribution in [0.4, 0.5) is 4.39 Å². The van der Waals surface area contributed by atoms with Gasteiger partial charge in [-0.15, -0.1) is 0 Å². The summed E-state index contributed by atoms with van der Waals surface area (Å²) in [4.78, 5) is 14.0. The predicted octanol–water partition coefficient (Wildman–Crippen LogP) is 2.20. The Morgan fingerprint density at radius 2 is 2.15 bits per heavy atom. The lowest BCUT2D eigenvalue weighted by Crippen LogP contribution is -2.41. The zero-order chi connectivity index (χ0) is 14.5. The molecule has 0 unspecified atom stereocenters. The molecule has 1 N–H and O–H groups in total. The predicted molar refractivity (Wildman–Crippen MR) is 76.1 cm³/mol. The number of hydrogen-bond acceptors (Lipinski definition) is 3. The van der Waals surface area contributed by atoms with Crippen LogP contribution >= 0.6 is 15.9 Å². The van der Waals surface area contributed by atoms with Crippen LogP contribution < -0.4 is 0 Å². The van der Waals surface area contributed by atoms with Crippen molar-refractivity contribution < 1.29 is 19.0 Å². The van der Waals surface area contributed by atoms with Crippen molar-refractivity contribution in [3.63, 3.8) is 0 Å². The van der Waals surface area contributed by atoms with Gasteiger partial charge in [-0.05, 0) is 40.9 Å². The topological polar surface area (TPSA) is 49.8 Å². The van der Waals surface area contributed by atoms with E-state index in [1.807, 2.05) is 0 Å². The molecule has 0 bridgehead atoms. The van der Waals surface area contributed by atoms with Crippen LogP contribution in [0.25, 0.3) is 0 Å². The van der Waals surface area contributed by atoms with Crippen molar-refractivity contribution in [3.8, 4) is 0 Å². The Morgan fingerprint density at radius 3 is 2.80 bits per heavy atom. The zero-order valence-corrected chi connectivity index (χ0v) is 12.6. The van der Waals surface area contributed by atoms with Crippen molar-refractivity contribution in [2.45, 2.75) is 18.9 Å². The molecule has 1 aromatic carbocycles. The second-order valence-electron chi connectivity index (χ2n) is 4.69. The molecule has 1 aliphatic rings. The normalized spacial score (nSPS) is 16.4. The minimum atomic E-state index is -0.433. The van der Waals surface area contributed by atoms with E-state index in [4.69, 9.17) is 9.84 Å². The van der Waals surface area contributed by atoms with Crippen LogP contribution in [0.2, 0.25) is 0 Å². The van der Waals surface area contributed by atoms with E-state index in [0.29, 0.717) is 25.3 Å². The number of piperidine rings is 1. The first kappa shape index (κ1) is 15.4. The molecular weight excluding hydrogens is 329 g/mol. The van der Waals surface area contributed by atoms with Crippen LogP contribution in [0.1, 0.15) is 23.2 Å². The number of hydrogen-bond donors (Lipinski definition) is 1. The van der Waals surface area contributed by atoms with E-state index < -0.39 is 5.82 Å². The average Bonchev–Trinajstić information content (AvgIpc) is 2.48. The summed E-state index contributed by atoms with van der Waals surface area (Å²) in [6, 6.07) is 4.46. The lowest BCUT2D eigenvalue weighted by molar-refractivity contribution is -0.00556. The molecule has 1 saturated heterocycles. The van der Waals surface area contributed by atoms with Crippen LogP contribution in [0.3, 0.4) is 0 Å². The maximum Gasteiger partial charge on any atom is 0.255 e. The maximum absolute atomic E-state index is 13.4. The van der Waals surface area contributed by atoms with Gasteiger partial charge >= 0.3 is 0 Å². The molecule has 0 aromatic heterocycles. The highest BCUT2D eigenvalue weighted by atomic mass is 79.9. The number of benzene rings is 1. The molecule has 4 nitrogen and oxygen atoms in total. The fraction of sp³-hybridized carbons (Fsp3) is 0.500. The van der Waals surface area contributed by atoms with Crippen molar-refractivity contribution in [3.05, 3.63) is 34.1 Å². The SMILES string of the molecule is O=C(c1cccc(F)c1Br)N1CCC(OCCO)CC1. The first-order valence-electron chi connectivity index (χ1n) is 6.59. The van der Waals surface area contributed by atoms with E-state index in [2.05, 4.69) is 15.9 Å². The number of amides is 1. The molecule has 1 amide bonds. The number of ether oxygens (including phenoxy) is 1. The molecule has 0 radical (unpaired) electrons. The maximum atomic E-state index is 13.4. The number of likely N-dealkylation sites (tertiary alicyclic amines) is 1. The molecule has 1 aliphatic heterocycles. The fourth-order valence-electron chi connectivity index (χ4n) is 2.28. The van der Waals surface area contributed by atoms with Gasteiger partial charge in [-0.2, -0.15) is 0 Å². The number of carbonyl (C=O) groups is 1. The van der Waals surface area contributed by atoms with Gasteiger partial charge < -0.3 is 14.7 Å². The molecule has 0 atom stereocenters. The Balaban J connectivity index is 1.96. The number of aliphatic hydroxyl groups excluding tert-OH is 1. The van der Waals surface area contributed by atoms with Gasteiger partial charge in [0.2, 0.25) is 0 Å². The number of carbonyl (C=O) groups excluding carboxylic acids is 1. The van der Waals surface area contributed by atoms with E-state index in [9.17, 15) is 9.18 Å². The molecular formula is C14H17BrFNO3. The lowest BCUT2D eigenvalue weighted by Gasteiger charge is -2.32. The van der Waals surface area contributed by atoms with Crippen LogP contribution in [0, 0.1) is 5.82 Å². The highest BCUT2D eigenvalue weighted by Crippen LogP contribution is 2.23. The summed E-state index contributed by atoms with van der Waals surface area (Å²) in [7, 11) is 0. The standard InChI is InChI=1S/C14H17BrFNO3/c15-13-11(2-1-3-12(13)16)14(19)17-6-4-10(5-7-17)20-9-8-18/h1-3,10,18H,4-9H2. The molecule has 1 fully saturated rings. The number of halogens is 2. The minimum absolute atomic E-state index is 0.00931. The van der Waals surface area contributed by atoms with Crippen molar-refractivity contribution >= 4 is 21.8 Å². The molecule has 110 valence electrons. The largest absolute Gasteiger partial charge is 0.394 e. The van der Waals surface area contributed by atoms with Gasteiger partial charge in [-0.1, -0.05) is 6.07 Å². The number of aliphatic hydroxyl groups is 1. The van der Waals surface area contributed by atoms with Crippen LogP contribution in [-0.2, 0) is 4.74 Å². The Bertz CT molecular complexity index is 475. The van der Waals surface area contributed by atoms with Crippen molar-refractivity contribution in [1.82, 2.24) is 4.90 Å². The van der Waals surface area contributed by atoms with Crippen molar-refractivity contribution in [2.75, 3.05) is 26.3 Å². The summed E-state index contributed by atoms with van der Waals surface area (Å²) in [5.41, 5.74) is 0.347. The third kappa shape index (κ3) is 3.56. The summed E-state index contributed by atoms with van der Waals surface area (Å²) < 4.78 is 19.1.